The minimum absolute atomic E-state index is 0.120. The fourth-order valence-corrected chi connectivity index (χ4v) is 4.19. The molecule has 0 aliphatic carbocycles. The van der Waals surface area contributed by atoms with Crippen LogP contribution >= 0.6 is 23.5 Å². The molecular weight excluding hydrogens is 204 g/mol. The van der Waals surface area contributed by atoms with Crippen molar-refractivity contribution >= 4 is 23.5 Å². The van der Waals surface area contributed by atoms with Gasteiger partial charge in [-0.05, 0) is 12.1 Å². The molecule has 1 aromatic rings. The minimum atomic E-state index is 0.120. The van der Waals surface area contributed by atoms with Crippen LogP contribution in [0.2, 0.25) is 0 Å². The van der Waals surface area contributed by atoms with Gasteiger partial charge in [-0.2, -0.15) is 0 Å². The molecule has 2 rings (SSSR count). The van der Waals surface area contributed by atoms with Crippen LogP contribution in [0.15, 0.2) is 18.2 Å². The molecule has 0 radical (unpaired) electrons. The maximum atomic E-state index is 9.57. The van der Waals surface area contributed by atoms with Crippen molar-refractivity contribution in [1.82, 2.24) is 0 Å². The van der Waals surface area contributed by atoms with Crippen molar-refractivity contribution in [3.05, 3.63) is 23.8 Å². The average Bonchev–Trinajstić information content (AvgIpc) is 2.56. The Balaban J connectivity index is 2.29. The Hall–Kier alpha value is -0.480. The van der Waals surface area contributed by atoms with Gasteiger partial charge in [-0.25, -0.2) is 0 Å². The summed E-state index contributed by atoms with van der Waals surface area (Å²) >= 11 is 3.67. The average molecular weight is 214 g/mol. The summed E-state index contributed by atoms with van der Waals surface area (Å²) < 4.78 is 0.334. The number of hydrogen-bond acceptors (Lipinski definition) is 4. The monoisotopic (exact) mass is 214 g/mol. The lowest BCUT2D eigenvalue weighted by Gasteiger charge is -2.10. The third-order valence-corrected chi connectivity index (χ3v) is 4.96. The van der Waals surface area contributed by atoms with Gasteiger partial charge >= 0.3 is 0 Å². The van der Waals surface area contributed by atoms with Gasteiger partial charge in [0.15, 0.2) is 0 Å². The van der Waals surface area contributed by atoms with Crippen molar-refractivity contribution in [1.29, 1.82) is 0 Å². The van der Waals surface area contributed by atoms with Gasteiger partial charge in [0.2, 0.25) is 0 Å². The van der Waals surface area contributed by atoms with E-state index in [4.69, 9.17) is 5.11 Å². The number of thioether (sulfide) groups is 2. The number of rotatable bonds is 1. The van der Waals surface area contributed by atoms with Crippen LogP contribution < -0.4 is 0 Å². The molecule has 1 aromatic carbocycles. The highest BCUT2D eigenvalue weighted by Crippen LogP contribution is 2.48. The molecule has 0 bridgehead atoms. The van der Waals surface area contributed by atoms with Crippen LogP contribution in [0.3, 0.4) is 0 Å². The van der Waals surface area contributed by atoms with E-state index in [1.807, 2.05) is 23.5 Å². The summed E-state index contributed by atoms with van der Waals surface area (Å²) in [5.74, 6) is 2.59. The number of phenolic OH excluding ortho intramolecular Hbond substituents is 2. The van der Waals surface area contributed by atoms with Gasteiger partial charge in [-0.3, -0.25) is 0 Å². The lowest BCUT2D eigenvalue weighted by molar-refractivity contribution is 0.447. The molecule has 1 saturated heterocycles. The standard InChI is InChI=1S/C9H10O2S2/c10-6-1-2-7(8(11)5-6)9-12-3-4-13-9/h1-2,5,9-11H,3-4H2. The van der Waals surface area contributed by atoms with Crippen LogP contribution in [0.25, 0.3) is 0 Å². The summed E-state index contributed by atoms with van der Waals surface area (Å²) in [6.45, 7) is 0. The van der Waals surface area contributed by atoms with Gasteiger partial charge in [0.05, 0.1) is 4.58 Å². The van der Waals surface area contributed by atoms with E-state index in [-0.39, 0.29) is 11.5 Å². The van der Waals surface area contributed by atoms with Crippen LogP contribution in [0.5, 0.6) is 11.5 Å². The number of aromatic hydroxyl groups is 2. The molecular formula is C9H10O2S2. The zero-order chi connectivity index (χ0) is 9.26. The van der Waals surface area contributed by atoms with Crippen molar-refractivity contribution in [2.24, 2.45) is 0 Å². The van der Waals surface area contributed by atoms with Crippen LogP contribution in [-0.4, -0.2) is 21.7 Å². The van der Waals surface area contributed by atoms with E-state index in [0.717, 1.165) is 17.1 Å². The van der Waals surface area contributed by atoms with Crippen molar-refractivity contribution in [3.63, 3.8) is 0 Å². The quantitative estimate of drug-likeness (QED) is 0.754. The molecule has 1 heterocycles. The Kier molecular flexibility index (Phi) is 2.60. The first kappa shape index (κ1) is 9.09. The Bertz CT molecular complexity index is 308. The molecule has 70 valence electrons. The molecule has 1 aliphatic heterocycles. The molecule has 0 atom stereocenters. The molecule has 0 amide bonds. The van der Waals surface area contributed by atoms with E-state index < -0.39 is 0 Å². The van der Waals surface area contributed by atoms with Crippen LogP contribution in [0.4, 0.5) is 0 Å². The first-order chi connectivity index (χ1) is 6.27. The van der Waals surface area contributed by atoms with Gasteiger partial charge < -0.3 is 10.2 Å². The van der Waals surface area contributed by atoms with Gasteiger partial charge in [-0.15, -0.1) is 23.5 Å². The van der Waals surface area contributed by atoms with Crippen LogP contribution in [-0.2, 0) is 0 Å². The lowest BCUT2D eigenvalue weighted by Crippen LogP contribution is -1.85. The molecule has 0 aromatic heterocycles. The third kappa shape index (κ3) is 1.89. The fourth-order valence-electron chi connectivity index (χ4n) is 1.27. The molecule has 4 heteroatoms. The van der Waals surface area contributed by atoms with E-state index in [9.17, 15) is 5.11 Å². The maximum Gasteiger partial charge on any atom is 0.124 e. The highest BCUT2D eigenvalue weighted by molar-refractivity contribution is 8.19. The molecule has 13 heavy (non-hydrogen) atoms. The third-order valence-electron chi connectivity index (χ3n) is 1.89. The van der Waals surface area contributed by atoms with Crippen LogP contribution in [0.1, 0.15) is 10.1 Å². The summed E-state index contributed by atoms with van der Waals surface area (Å²) in [6, 6.07) is 4.81. The summed E-state index contributed by atoms with van der Waals surface area (Å²) in [5, 5.41) is 18.7. The second-order valence-electron chi connectivity index (χ2n) is 2.82. The Morgan fingerprint density at radius 1 is 1.15 bits per heavy atom. The van der Waals surface area contributed by atoms with E-state index >= 15 is 0 Å². The Morgan fingerprint density at radius 3 is 2.46 bits per heavy atom. The predicted molar refractivity (Wildman–Crippen MR) is 57.4 cm³/mol. The van der Waals surface area contributed by atoms with Crippen LogP contribution in [0, 0.1) is 0 Å². The second kappa shape index (κ2) is 3.72. The molecule has 0 unspecified atom stereocenters. The summed E-state index contributed by atoms with van der Waals surface area (Å²) in [7, 11) is 0. The fraction of sp³-hybridized carbons (Fsp3) is 0.333. The van der Waals surface area contributed by atoms with E-state index in [2.05, 4.69) is 0 Å². The number of benzene rings is 1. The Morgan fingerprint density at radius 2 is 1.85 bits per heavy atom. The van der Waals surface area contributed by atoms with Gasteiger partial charge in [-0.1, -0.05) is 0 Å². The first-order valence-electron chi connectivity index (χ1n) is 4.02. The van der Waals surface area contributed by atoms with Crippen molar-refractivity contribution in [2.45, 2.75) is 4.58 Å². The lowest BCUT2D eigenvalue weighted by atomic mass is 10.2. The molecule has 0 saturated carbocycles. The Labute approximate surface area is 85.4 Å². The predicted octanol–water partition coefficient (Wildman–Crippen LogP) is 2.58. The molecule has 2 N–H and O–H groups in total. The molecule has 1 fully saturated rings. The first-order valence-corrected chi connectivity index (χ1v) is 6.12. The van der Waals surface area contributed by atoms with E-state index in [1.165, 1.54) is 6.07 Å². The topological polar surface area (TPSA) is 40.5 Å². The molecule has 2 nitrogen and oxygen atoms in total. The van der Waals surface area contributed by atoms with E-state index in [1.54, 1.807) is 12.1 Å². The van der Waals surface area contributed by atoms with Gasteiger partial charge in [0.1, 0.15) is 11.5 Å². The van der Waals surface area contributed by atoms with E-state index in [0.29, 0.717) is 4.58 Å². The molecule has 1 aliphatic rings. The SMILES string of the molecule is Oc1ccc(C2SCCS2)c(O)c1. The normalized spacial score (nSPS) is 17.8. The second-order valence-corrected chi connectivity index (χ2v) is 5.54. The highest BCUT2D eigenvalue weighted by Gasteiger charge is 2.21. The van der Waals surface area contributed by atoms with Gasteiger partial charge in [0.25, 0.3) is 0 Å². The smallest absolute Gasteiger partial charge is 0.124 e. The minimum Gasteiger partial charge on any atom is -0.508 e. The zero-order valence-corrected chi connectivity index (χ0v) is 8.57. The van der Waals surface area contributed by atoms with Crippen molar-refractivity contribution in [3.8, 4) is 11.5 Å². The number of phenols is 2. The highest BCUT2D eigenvalue weighted by atomic mass is 32.2. The zero-order valence-electron chi connectivity index (χ0n) is 6.93. The summed E-state index contributed by atoms with van der Waals surface area (Å²) in [6.07, 6.45) is 0. The van der Waals surface area contributed by atoms with Crippen molar-refractivity contribution in [2.75, 3.05) is 11.5 Å². The number of hydrogen-bond donors (Lipinski definition) is 2. The summed E-state index contributed by atoms with van der Waals surface area (Å²) in [4.78, 5) is 0. The molecule has 0 spiro atoms. The van der Waals surface area contributed by atoms with Gasteiger partial charge in [0, 0.05) is 23.1 Å². The van der Waals surface area contributed by atoms with Crippen molar-refractivity contribution < 1.29 is 10.2 Å². The summed E-state index contributed by atoms with van der Waals surface area (Å²) in [5.41, 5.74) is 0.922. The maximum absolute atomic E-state index is 9.57. The largest absolute Gasteiger partial charge is 0.508 e.